The summed E-state index contributed by atoms with van der Waals surface area (Å²) in [5.74, 6) is -0.896. The zero-order valence-corrected chi connectivity index (χ0v) is 35.5. The molecule has 2 N–H and O–H groups in total. The molecular weight excluding hydrogens is 699 g/mol. The Labute approximate surface area is 331 Å². The Morgan fingerprint density at radius 3 is 1.22 bits per heavy atom. The lowest BCUT2D eigenvalue weighted by Gasteiger charge is -2.18. The second-order valence-corrected chi connectivity index (χ2v) is 15.9. The minimum absolute atomic E-state index is 0.204. The van der Waals surface area contributed by atoms with E-state index in [0.29, 0.717) is 12.8 Å². The Balaban J connectivity index is 3.91. The number of phosphoric ester groups is 1. The maximum atomic E-state index is 12.4. The zero-order chi connectivity index (χ0) is 39.6. The number of rotatable bonds is 40. The molecule has 314 valence electrons. The van der Waals surface area contributed by atoms with Gasteiger partial charge in [0.15, 0.2) is 6.10 Å². The smallest absolute Gasteiger partial charge is 0.462 e. The molecule has 0 bridgehead atoms. The van der Waals surface area contributed by atoms with E-state index in [1.807, 2.05) is 0 Å². The van der Waals surface area contributed by atoms with Crippen molar-refractivity contribution in [1.29, 1.82) is 0 Å². The van der Waals surface area contributed by atoms with E-state index in [1.165, 1.54) is 103 Å². The van der Waals surface area contributed by atoms with E-state index in [1.54, 1.807) is 0 Å². The Hall–Kier alpha value is -1.99. The number of hydrogen-bond acceptors (Lipinski definition) is 6. The number of esters is 2. The van der Waals surface area contributed by atoms with Gasteiger partial charge in [-0.2, -0.15) is 0 Å². The fraction of sp³-hybridized carbons (Fsp3) is 0.778. The van der Waals surface area contributed by atoms with Crippen LogP contribution in [0.2, 0.25) is 0 Å². The first kappa shape index (κ1) is 52.0. The van der Waals surface area contributed by atoms with Crippen LogP contribution in [0.3, 0.4) is 0 Å². The molecule has 1 unspecified atom stereocenters. The molecule has 8 nitrogen and oxygen atoms in total. The van der Waals surface area contributed by atoms with E-state index in [-0.39, 0.29) is 19.4 Å². The number of carbonyl (C=O) groups is 2. The monoisotopic (exact) mass is 781 g/mol. The predicted molar refractivity (Wildman–Crippen MR) is 225 cm³/mol. The molecule has 0 saturated carbocycles. The third-order valence-electron chi connectivity index (χ3n) is 9.32. The van der Waals surface area contributed by atoms with Crippen molar-refractivity contribution in [3.63, 3.8) is 0 Å². The summed E-state index contributed by atoms with van der Waals surface area (Å²) in [5, 5.41) is 0. The van der Waals surface area contributed by atoms with Gasteiger partial charge in [-0.05, 0) is 77.0 Å². The second kappa shape index (κ2) is 40.7. The minimum atomic E-state index is -4.76. The fourth-order valence-corrected chi connectivity index (χ4v) is 6.38. The van der Waals surface area contributed by atoms with Gasteiger partial charge in [-0.3, -0.25) is 14.1 Å². The molecule has 0 heterocycles. The standard InChI is InChI=1S/C45H81O8P/c1-3-5-7-9-11-13-15-17-19-21-22-24-26-28-30-32-34-36-38-40-45(47)53-43(42-52-54(48,49)50)41-51-44(46)39-37-35-33-31-29-27-25-23-20-18-16-14-12-10-8-6-4-2/h11-14,17-20,43H,3-10,15-16,21-42H2,1-2H3,(H2,48,49,50)/b13-11-,14-12-,19-17-,20-18-. The van der Waals surface area contributed by atoms with E-state index in [2.05, 4.69) is 67.0 Å². The zero-order valence-electron chi connectivity index (χ0n) is 34.6. The molecule has 0 rings (SSSR count). The Bertz CT molecular complexity index is 1020. The quantitative estimate of drug-likeness (QED) is 0.0273. The highest BCUT2D eigenvalue weighted by Crippen LogP contribution is 2.36. The first-order valence-corrected chi connectivity index (χ1v) is 23.5. The van der Waals surface area contributed by atoms with Gasteiger partial charge < -0.3 is 19.3 Å². The Kier molecular flexibility index (Phi) is 39.2. The van der Waals surface area contributed by atoms with Crippen LogP contribution >= 0.6 is 7.82 Å². The van der Waals surface area contributed by atoms with E-state index < -0.39 is 32.5 Å². The molecule has 0 aromatic heterocycles. The van der Waals surface area contributed by atoms with Crippen LogP contribution in [0.25, 0.3) is 0 Å². The number of ether oxygens (including phenoxy) is 2. The van der Waals surface area contributed by atoms with Crippen LogP contribution in [0.5, 0.6) is 0 Å². The van der Waals surface area contributed by atoms with Crippen molar-refractivity contribution in [3.8, 4) is 0 Å². The molecular formula is C45H81O8P. The van der Waals surface area contributed by atoms with Gasteiger partial charge in [0.25, 0.3) is 0 Å². The topological polar surface area (TPSA) is 119 Å². The van der Waals surface area contributed by atoms with Crippen LogP contribution in [-0.4, -0.2) is 41.0 Å². The molecule has 0 spiro atoms. The van der Waals surface area contributed by atoms with Crippen molar-refractivity contribution in [2.45, 2.75) is 213 Å². The summed E-state index contributed by atoms with van der Waals surface area (Å²) in [6.07, 6.45) is 49.7. The van der Waals surface area contributed by atoms with Gasteiger partial charge in [0.1, 0.15) is 6.61 Å². The lowest BCUT2D eigenvalue weighted by Crippen LogP contribution is -2.29. The van der Waals surface area contributed by atoms with Crippen LogP contribution in [-0.2, 0) is 28.2 Å². The van der Waals surface area contributed by atoms with Gasteiger partial charge in [-0.25, -0.2) is 4.57 Å². The molecule has 0 radical (unpaired) electrons. The number of phosphoric acid groups is 1. The van der Waals surface area contributed by atoms with Gasteiger partial charge in [-0.1, -0.05) is 165 Å². The lowest BCUT2D eigenvalue weighted by molar-refractivity contribution is -0.161. The molecule has 0 aromatic rings. The van der Waals surface area contributed by atoms with Crippen LogP contribution < -0.4 is 0 Å². The lowest BCUT2D eigenvalue weighted by atomic mass is 10.1. The van der Waals surface area contributed by atoms with Crippen molar-refractivity contribution < 1.29 is 37.9 Å². The van der Waals surface area contributed by atoms with Crippen LogP contribution in [0.15, 0.2) is 48.6 Å². The molecule has 0 amide bonds. The van der Waals surface area contributed by atoms with Crippen molar-refractivity contribution >= 4 is 19.8 Å². The fourth-order valence-electron chi connectivity index (χ4n) is 6.02. The van der Waals surface area contributed by atoms with E-state index >= 15 is 0 Å². The highest BCUT2D eigenvalue weighted by molar-refractivity contribution is 7.46. The summed E-state index contributed by atoms with van der Waals surface area (Å²) in [6.45, 7) is 3.64. The third kappa shape index (κ3) is 42.7. The van der Waals surface area contributed by atoms with Gasteiger partial charge in [0, 0.05) is 12.8 Å². The van der Waals surface area contributed by atoms with E-state index in [9.17, 15) is 14.2 Å². The highest BCUT2D eigenvalue weighted by Gasteiger charge is 2.22. The van der Waals surface area contributed by atoms with E-state index in [0.717, 1.165) is 64.2 Å². The summed E-state index contributed by atoms with van der Waals surface area (Å²) < 4.78 is 26.4. The molecule has 9 heteroatoms. The van der Waals surface area contributed by atoms with Crippen molar-refractivity contribution in [2.75, 3.05) is 13.2 Å². The van der Waals surface area contributed by atoms with E-state index in [4.69, 9.17) is 19.3 Å². The average Bonchev–Trinajstić information content (AvgIpc) is 3.14. The molecule has 0 aliphatic rings. The number of hydrogen-bond donors (Lipinski definition) is 2. The third-order valence-corrected chi connectivity index (χ3v) is 9.81. The van der Waals surface area contributed by atoms with Crippen molar-refractivity contribution in [2.24, 2.45) is 0 Å². The predicted octanol–water partition coefficient (Wildman–Crippen LogP) is 13.5. The van der Waals surface area contributed by atoms with Crippen LogP contribution in [0, 0.1) is 0 Å². The van der Waals surface area contributed by atoms with Crippen molar-refractivity contribution in [1.82, 2.24) is 0 Å². The van der Waals surface area contributed by atoms with Gasteiger partial charge >= 0.3 is 19.8 Å². The number of allylic oxidation sites excluding steroid dienone is 8. The maximum Gasteiger partial charge on any atom is 0.469 e. The van der Waals surface area contributed by atoms with Gasteiger partial charge in [0.2, 0.25) is 0 Å². The van der Waals surface area contributed by atoms with Crippen LogP contribution in [0.1, 0.15) is 206 Å². The van der Waals surface area contributed by atoms with Gasteiger partial charge in [0.05, 0.1) is 6.61 Å². The summed E-state index contributed by atoms with van der Waals surface area (Å²) in [7, 11) is -4.76. The van der Waals surface area contributed by atoms with Crippen molar-refractivity contribution in [3.05, 3.63) is 48.6 Å². The minimum Gasteiger partial charge on any atom is -0.462 e. The molecule has 54 heavy (non-hydrogen) atoms. The molecule has 0 aromatic carbocycles. The summed E-state index contributed by atoms with van der Waals surface area (Å²) in [5.41, 5.74) is 0. The first-order chi connectivity index (χ1) is 26.3. The maximum absolute atomic E-state index is 12.4. The summed E-state index contributed by atoms with van der Waals surface area (Å²) in [4.78, 5) is 42.9. The molecule has 0 fully saturated rings. The number of unbranched alkanes of at least 4 members (excludes halogenated alkanes) is 22. The summed E-state index contributed by atoms with van der Waals surface area (Å²) in [6, 6.07) is 0. The molecule has 0 aliphatic heterocycles. The van der Waals surface area contributed by atoms with Crippen LogP contribution in [0.4, 0.5) is 0 Å². The Morgan fingerprint density at radius 1 is 0.481 bits per heavy atom. The SMILES string of the molecule is CCCCC/C=C\C/C=C\CCCCCCCCCCCC(=O)OC(COC(=O)CCCCCCCCC/C=C\C/C=C\CCCCC)COP(=O)(O)O. The molecule has 0 aliphatic carbocycles. The normalized spacial score (nSPS) is 12.9. The molecule has 1 atom stereocenters. The summed E-state index contributed by atoms with van der Waals surface area (Å²) >= 11 is 0. The first-order valence-electron chi connectivity index (χ1n) is 21.9. The number of carbonyl (C=O) groups excluding carboxylic acids is 2. The second-order valence-electron chi connectivity index (χ2n) is 14.7. The Morgan fingerprint density at radius 2 is 0.833 bits per heavy atom. The van der Waals surface area contributed by atoms with Gasteiger partial charge in [-0.15, -0.1) is 0 Å². The average molecular weight is 781 g/mol. The molecule has 0 saturated heterocycles. The highest BCUT2D eigenvalue weighted by atomic mass is 31.2. The largest absolute Gasteiger partial charge is 0.469 e.